The molecule has 1 aromatic carbocycles. The fourth-order valence-corrected chi connectivity index (χ4v) is 2.97. The molecule has 0 aliphatic heterocycles. The number of hydrogen-bond acceptors (Lipinski definition) is 3. The minimum atomic E-state index is -0.0764. The van der Waals surface area contributed by atoms with Crippen molar-refractivity contribution >= 4 is 5.91 Å². The number of aromatic nitrogens is 4. The molecule has 0 saturated heterocycles. The lowest BCUT2D eigenvalue weighted by atomic mass is 10.1. The van der Waals surface area contributed by atoms with Crippen LogP contribution in [0, 0.1) is 12.8 Å². The Hall–Kier alpha value is -2.89. The van der Waals surface area contributed by atoms with E-state index >= 15 is 0 Å². The molecule has 0 aliphatic rings. The van der Waals surface area contributed by atoms with Crippen LogP contribution < -0.4 is 5.32 Å². The van der Waals surface area contributed by atoms with E-state index in [0.29, 0.717) is 12.1 Å². The number of amides is 1. The van der Waals surface area contributed by atoms with Gasteiger partial charge in [-0.15, -0.1) is 0 Å². The van der Waals surface area contributed by atoms with Crippen LogP contribution >= 0.6 is 0 Å². The van der Waals surface area contributed by atoms with Crippen LogP contribution in [0.4, 0.5) is 0 Å². The predicted molar refractivity (Wildman–Crippen MR) is 101 cm³/mol. The third-order valence-corrected chi connectivity index (χ3v) is 4.40. The Morgan fingerprint density at radius 2 is 2.00 bits per heavy atom. The van der Waals surface area contributed by atoms with Gasteiger partial charge in [-0.3, -0.25) is 9.48 Å². The van der Waals surface area contributed by atoms with E-state index in [1.54, 1.807) is 12.4 Å². The van der Waals surface area contributed by atoms with Gasteiger partial charge in [0.1, 0.15) is 0 Å². The van der Waals surface area contributed by atoms with Crippen molar-refractivity contribution in [2.24, 2.45) is 5.92 Å². The lowest BCUT2D eigenvalue weighted by Crippen LogP contribution is -2.30. The molecular weight excluding hydrogens is 326 g/mol. The molecule has 0 saturated carbocycles. The SMILES string of the molecule is CCc1c(C(=O)NCC(C)Cn2cccn2)cnn1-c1ccc(C)cc1. The molecule has 3 rings (SSSR count). The number of carbonyl (C=O) groups is 1. The van der Waals surface area contributed by atoms with Crippen molar-refractivity contribution in [3.8, 4) is 5.69 Å². The van der Waals surface area contributed by atoms with Crippen LogP contribution in [-0.4, -0.2) is 32.0 Å². The molecule has 1 N–H and O–H groups in total. The Labute approximate surface area is 153 Å². The normalized spacial score (nSPS) is 12.1. The van der Waals surface area contributed by atoms with Gasteiger partial charge in [-0.25, -0.2) is 4.68 Å². The average Bonchev–Trinajstić information content (AvgIpc) is 3.29. The summed E-state index contributed by atoms with van der Waals surface area (Å²) < 4.78 is 3.73. The minimum absolute atomic E-state index is 0.0764. The maximum atomic E-state index is 12.6. The van der Waals surface area contributed by atoms with E-state index in [9.17, 15) is 4.79 Å². The molecule has 6 heteroatoms. The van der Waals surface area contributed by atoms with Crippen molar-refractivity contribution < 1.29 is 4.79 Å². The van der Waals surface area contributed by atoms with Gasteiger partial charge in [0.25, 0.3) is 5.91 Å². The number of carbonyl (C=O) groups excluding carboxylic acids is 1. The number of aryl methyl sites for hydroxylation is 1. The zero-order valence-corrected chi connectivity index (χ0v) is 15.5. The van der Waals surface area contributed by atoms with E-state index in [4.69, 9.17) is 0 Å². The maximum Gasteiger partial charge on any atom is 0.254 e. The van der Waals surface area contributed by atoms with Crippen LogP contribution in [0.5, 0.6) is 0 Å². The van der Waals surface area contributed by atoms with E-state index in [2.05, 4.69) is 29.4 Å². The Morgan fingerprint density at radius 3 is 2.65 bits per heavy atom. The minimum Gasteiger partial charge on any atom is -0.352 e. The molecular formula is C20H25N5O. The molecule has 2 aromatic heterocycles. The van der Waals surface area contributed by atoms with E-state index in [-0.39, 0.29) is 11.8 Å². The summed E-state index contributed by atoms with van der Waals surface area (Å²) in [6.07, 6.45) is 6.09. The molecule has 2 heterocycles. The fraction of sp³-hybridized carbons (Fsp3) is 0.350. The predicted octanol–water partition coefficient (Wildman–Crippen LogP) is 3.01. The van der Waals surface area contributed by atoms with Crippen LogP contribution in [0.1, 0.15) is 35.5 Å². The molecule has 1 unspecified atom stereocenters. The molecule has 26 heavy (non-hydrogen) atoms. The zero-order valence-electron chi connectivity index (χ0n) is 15.5. The number of rotatable bonds is 7. The third kappa shape index (κ3) is 4.02. The van der Waals surface area contributed by atoms with E-state index in [1.807, 2.05) is 52.8 Å². The number of hydrogen-bond donors (Lipinski definition) is 1. The summed E-state index contributed by atoms with van der Waals surface area (Å²) in [4.78, 5) is 12.6. The molecule has 0 fully saturated rings. The summed E-state index contributed by atoms with van der Waals surface area (Å²) in [5, 5.41) is 11.7. The van der Waals surface area contributed by atoms with E-state index in [0.717, 1.165) is 24.3 Å². The molecule has 0 bridgehead atoms. The summed E-state index contributed by atoms with van der Waals surface area (Å²) in [6, 6.07) is 10.0. The lowest BCUT2D eigenvalue weighted by molar-refractivity contribution is 0.0945. The van der Waals surface area contributed by atoms with Crippen molar-refractivity contribution in [1.29, 1.82) is 0 Å². The average molecular weight is 351 g/mol. The van der Waals surface area contributed by atoms with Crippen LogP contribution in [0.25, 0.3) is 5.69 Å². The summed E-state index contributed by atoms with van der Waals surface area (Å²) in [5.74, 6) is 0.212. The quantitative estimate of drug-likeness (QED) is 0.712. The first kappa shape index (κ1) is 17.9. The second-order valence-electron chi connectivity index (χ2n) is 6.65. The standard InChI is InChI=1S/C20H25N5O/c1-4-19-18(13-23-25(19)17-8-6-15(2)7-9-17)20(26)21-12-16(3)14-24-11-5-10-22-24/h5-11,13,16H,4,12,14H2,1-3H3,(H,21,26). The van der Waals surface area contributed by atoms with Crippen molar-refractivity contribution in [3.63, 3.8) is 0 Å². The highest BCUT2D eigenvalue weighted by Gasteiger charge is 2.17. The second kappa shape index (κ2) is 7.99. The topological polar surface area (TPSA) is 64.7 Å². The lowest BCUT2D eigenvalue weighted by Gasteiger charge is -2.13. The smallest absolute Gasteiger partial charge is 0.254 e. The van der Waals surface area contributed by atoms with Crippen LogP contribution in [0.15, 0.2) is 48.9 Å². The van der Waals surface area contributed by atoms with Gasteiger partial charge < -0.3 is 5.32 Å². The molecule has 1 atom stereocenters. The summed E-state index contributed by atoms with van der Waals surface area (Å²) in [5.41, 5.74) is 3.73. The number of nitrogens with zero attached hydrogens (tertiary/aromatic N) is 4. The maximum absolute atomic E-state index is 12.6. The first-order valence-electron chi connectivity index (χ1n) is 8.98. The highest BCUT2D eigenvalue weighted by atomic mass is 16.1. The van der Waals surface area contributed by atoms with E-state index in [1.165, 1.54) is 5.56 Å². The summed E-state index contributed by atoms with van der Waals surface area (Å²) >= 11 is 0. The molecule has 136 valence electrons. The van der Waals surface area contributed by atoms with Gasteiger partial charge in [0.15, 0.2) is 0 Å². The van der Waals surface area contributed by atoms with Gasteiger partial charge in [0, 0.05) is 25.5 Å². The Balaban J connectivity index is 1.68. The first-order valence-corrected chi connectivity index (χ1v) is 8.98. The fourth-order valence-electron chi connectivity index (χ4n) is 2.97. The van der Waals surface area contributed by atoms with Crippen molar-refractivity contribution in [2.45, 2.75) is 33.7 Å². The second-order valence-corrected chi connectivity index (χ2v) is 6.65. The van der Waals surface area contributed by atoms with Crippen molar-refractivity contribution in [2.75, 3.05) is 6.54 Å². The third-order valence-electron chi connectivity index (χ3n) is 4.40. The molecule has 3 aromatic rings. The Kier molecular flexibility index (Phi) is 5.51. The molecule has 0 spiro atoms. The largest absolute Gasteiger partial charge is 0.352 e. The summed E-state index contributed by atoms with van der Waals surface area (Å²) in [6.45, 7) is 7.56. The molecule has 0 aliphatic carbocycles. The van der Waals surface area contributed by atoms with Gasteiger partial charge in [-0.1, -0.05) is 31.5 Å². The van der Waals surface area contributed by atoms with Gasteiger partial charge in [0.2, 0.25) is 0 Å². The van der Waals surface area contributed by atoms with Crippen LogP contribution in [-0.2, 0) is 13.0 Å². The molecule has 0 radical (unpaired) electrons. The van der Waals surface area contributed by atoms with Crippen molar-refractivity contribution in [3.05, 3.63) is 65.7 Å². The highest BCUT2D eigenvalue weighted by Crippen LogP contribution is 2.16. The Bertz CT molecular complexity index is 849. The number of benzene rings is 1. The Morgan fingerprint density at radius 1 is 1.23 bits per heavy atom. The van der Waals surface area contributed by atoms with Gasteiger partial charge in [-0.05, 0) is 37.5 Å². The first-order chi connectivity index (χ1) is 12.6. The van der Waals surface area contributed by atoms with Crippen molar-refractivity contribution in [1.82, 2.24) is 24.9 Å². The van der Waals surface area contributed by atoms with Gasteiger partial charge in [-0.2, -0.15) is 10.2 Å². The monoisotopic (exact) mass is 351 g/mol. The van der Waals surface area contributed by atoms with Crippen LogP contribution in [0.3, 0.4) is 0 Å². The summed E-state index contributed by atoms with van der Waals surface area (Å²) in [7, 11) is 0. The zero-order chi connectivity index (χ0) is 18.5. The van der Waals surface area contributed by atoms with E-state index < -0.39 is 0 Å². The van der Waals surface area contributed by atoms with Gasteiger partial charge >= 0.3 is 0 Å². The van der Waals surface area contributed by atoms with Crippen LogP contribution in [0.2, 0.25) is 0 Å². The van der Waals surface area contributed by atoms with Gasteiger partial charge in [0.05, 0.1) is 23.1 Å². The molecule has 1 amide bonds. The molecule has 6 nitrogen and oxygen atoms in total. The number of nitrogens with one attached hydrogen (secondary N) is 1. The highest BCUT2D eigenvalue weighted by molar-refractivity contribution is 5.95.